The number of halogens is 1. The van der Waals surface area contributed by atoms with Crippen LogP contribution in [-0.2, 0) is 11.2 Å². The van der Waals surface area contributed by atoms with Crippen molar-refractivity contribution in [3.05, 3.63) is 47.3 Å². The Kier molecular flexibility index (Phi) is 3.62. The second-order valence-electron chi connectivity index (χ2n) is 8.16. The molecule has 1 atom stereocenters. The van der Waals surface area contributed by atoms with Gasteiger partial charge in [0.15, 0.2) is 5.82 Å². The number of nitrogens with zero attached hydrogens (tertiary/aromatic N) is 3. The molecule has 1 aliphatic heterocycles. The van der Waals surface area contributed by atoms with E-state index < -0.39 is 0 Å². The van der Waals surface area contributed by atoms with Crippen LogP contribution in [0.4, 0.5) is 4.39 Å². The number of carbonyl (C=O) groups is 1. The third-order valence-corrected chi connectivity index (χ3v) is 6.44. The van der Waals surface area contributed by atoms with Crippen molar-refractivity contribution in [3.8, 4) is 0 Å². The van der Waals surface area contributed by atoms with Crippen LogP contribution in [0.15, 0.2) is 24.3 Å². The first-order valence-corrected chi connectivity index (χ1v) is 9.58. The molecular formula is C20H23FN4O. The van der Waals surface area contributed by atoms with Crippen LogP contribution in [0.1, 0.15) is 61.2 Å². The fraction of sp³-hybridized carbons (Fsp3) is 0.550. The van der Waals surface area contributed by atoms with E-state index in [1.807, 2.05) is 4.90 Å². The van der Waals surface area contributed by atoms with Crippen LogP contribution in [0.2, 0.25) is 0 Å². The van der Waals surface area contributed by atoms with Gasteiger partial charge in [-0.25, -0.2) is 9.37 Å². The molecule has 6 heteroatoms. The van der Waals surface area contributed by atoms with E-state index in [-0.39, 0.29) is 29.5 Å². The van der Waals surface area contributed by atoms with Crippen molar-refractivity contribution < 1.29 is 9.18 Å². The molecule has 2 heterocycles. The minimum Gasteiger partial charge on any atom is -0.341 e. The number of aromatic nitrogens is 3. The number of aromatic amines is 1. The van der Waals surface area contributed by atoms with E-state index in [4.69, 9.17) is 4.98 Å². The smallest absolute Gasteiger partial charge is 0.227 e. The van der Waals surface area contributed by atoms with Crippen molar-refractivity contribution in [2.45, 2.75) is 50.4 Å². The predicted octanol–water partition coefficient (Wildman–Crippen LogP) is 3.16. The van der Waals surface area contributed by atoms with Gasteiger partial charge < -0.3 is 4.90 Å². The molecule has 3 aliphatic rings. The summed E-state index contributed by atoms with van der Waals surface area (Å²) in [5.74, 6) is 2.32. The summed E-state index contributed by atoms with van der Waals surface area (Å²) in [6.45, 7) is 1.41. The van der Waals surface area contributed by atoms with E-state index in [2.05, 4.69) is 10.2 Å². The average Bonchev–Trinajstić information content (AvgIpc) is 3.19. The first-order chi connectivity index (χ1) is 12.6. The van der Waals surface area contributed by atoms with Crippen molar-refractivity contribution in [3.63, 3.8) is 0 Å². The van der Waals surface area contributed by atoms with Crippen molar-refractivity contribution in [2.75, 3.05) is 13.1 Å². The Hall–Kier alpha value is -2.24. The first-order valence-electron chi connectivity index (χ1n) is 9.58. The molecule has 1 spiro atoms. The largest absolute Gasteiger partial charge is 0.341 e. The summed E-state index contributed by atoms with van der Waals surface area (Å²) < 4.78 is 13.9. The molecular weight excluding hydrogens is 331 g/mol. The number of amides is 1. The first kappa shape index (κ1) is 16.0. The van der Waals surface area contributed by atoms with Gasteiger partial charge in [0, 0.05) is 24.9 Å². The molecule has 1 N–H and O–H groups in total. The fourth-order valence-electron chi connectivity index (χ4n) is 4.56. The highest BCUT2D eigenvalue weighted by molar-refractivity contribution is 5.79. The molecule has 1 unspecified atom stereocenters. The van der Waals surface area contributed by atoms with Crippen LogP contribution in [0.25, 0.3) is 0 Å². The van der Waals surface area contributed by atoms with Gasteiger partial charge in [-0.15, -0.1) is 0 Å². The minimum atomic E-state index is -0.306. The minimum absolute atomic E-state index is 0.00538. The maximum atomic E-state index is 13.9. The fourth-order valence-corrected chi connectivity index (χ4v) is 4.56. The predicted molar refractivity (Wildman–Crippen MR) is 94.1 cm³/mol. The van der Waals surface area contributed by atoms with Crippen LogP contribution in [-0.4, -0.2) is 39.1 Å². The Balaban J connectivity index is 1.35. The van der Waals surface area contributed by atoms with E-state index >= 15 is 0 Å². The highest BCUT2D eigenvalue weighted by atomic mass is 19.1. The monoisotopic (exact) mass is 354 g/mol. The summed E-state index contributed by atoms with van der Waals surface area (Å²) in [6, 6.07) is 6.54. The molecule has 5 nitrogen and oxygen atoms in total. The van der Waals surface area contributed by atoms with Crippen molar-refractivity contribution in [1.29, 1.82) is 0 Å². The number of H-pyrrole nitrogens is 1. The number of carbonyl (C=O) groups excluding carboxylic acids is 1. The Morgan fingerprint density at radius 1 is 1.31 bits per heavy atom. The number of nitrogens with one attached hydrogen (secondary N) is 1. The summed E-state index contributed by atoms with van der Waals surface area (Å²) in [7, 11) is 0. The average molecular weight is 354 g/mol. The molecule has 0 bridgehead atoms. The lowest BCUT2D eigenvalue weighted by Gasteiger charge is -2.41. The summed E-state index contributed by atoms with van der Waals surface area (Å²) >= 11 is 0. The van der Waals surface area contributed by atoms with Gasteiger partial charge in [-0.3, -0.25) is 9.89 Å². The summed E-state index contributed by atoms with van der Waals surface area (Å²) in [6.07, 6.45) is 5.94. The van der Waals surface area contributed by atoms with Gasteiger partial charge >= 0.3 is 0 Å². The van der Waals surface area contributed by atoms with E-state index in [0.717, 1.165) is 31.0 Å². The molecule has 1 amide bonds. The number of likely N-dealkylation sites (tertiary alicyclic amines) is 1. The number of hydrogen-bond acceptors (Lipinski definition) is 3. The number of benzene rings is 1. The third-order valence-electron chi connectivity index (χ3n) is 6.44. The molecule has 2 aliphatic carbocycles. The summed E-state index contributed by atoms with van der Waals surface area (Å²) in [4.78, 5) is 19.5. The lowest BCUT2D eigenvalue weighted by molar-refractivity contribution is -0.130. The second kappa shape index (κ2) is 5.89. The van der Waals surface area contributed by atoms with Crippen LogP contribution in [0.5, 0.6) is 0 Å². The molecule has 1 aromatic carbocycles. The van der Waals surface area contributed by atoms with Crippen LogP contribution in [0.3, 0.4) is 0 Å². The Morgan fingerprint density at radius 3 is 2.81 bits per heavy atom. The Morgan fingerprint density at radius 2 is 2.12 bits per heavy atom. The Bertz CT molecular complexity index is 840. The zero-order chi connectivity index (χ0) is 17.7. The SMILES string of the molecule is O=C(Cc1ccccc1F)N1CC(c2nc(C3CC3)n[nH]2)C2(CCC2)C1. The van der Waals surface area contributed by atoms with Crippen LogP contribution >= 0.6 is 0 Å². The van der Waals surface area contributed by atoms with Gasteiger partial charge in [0.1, 0.15) is 11.6 Å². The van der Waals surface area contributed by atoms with Gasteiger partial charge in [-0.2, -0.15) is 5.10 Å². The maximum Gasteiger partial charge on any atom is 0.227 e. The topological polar surface area (TPSA) is 61.9 Å². The van der Waals surface area contributed by atoms with Crippen molar-refractivity contribution in [2.24, 2.45) is 5.41 Å². The molecule has 3 fully saturated rings. The molecule has 1 aromatic heterocycles. The third kappa shape index (κ3) is 2.63. The molecule has 5 rings (SSSR count). The molecule has 2 aromatic rings. The number of rotatable bonds is 4. The molecule has 0 radical (unpaired) electrons. The molecule has 2 saturated carbocycles. The van der Waals surface area contributed by atoms with Gasteiger partial charge in [0.2, 0.25) is 5.91 Å². The normalized spacial score (nSPS) is 24.0. The highest BCUT2D eigenvalue weighted by Crippen LogP contribution is 2.55. The summed E-state index contributed by atoms with van der Waals surface area (Å²) in [5.41, 5.74) is 0.602. The number of hydrogen-bond donors (Lipinski definition) is 1. The highest BCUT2D eigenvalue weighted by Gasteiger charge is 2.53. The second-order valence-corrected chi connectivity index (χ2v) is 8.16. The van der Waals surface area contributed by atoms with Gasteiger partial charge in [0.25, 0.3) is 0 Å². The van der Waals surface area contributed by atoms with Crippen molar-refractivity contribution >= 4 is 5.91 Å². The standard InChI is InChI=1S/C20H23FN4O/c21-16-5-2-1-4-14(16)10-17(26)25-11-15(20(12-25)8-3-9-20)19-22-18(23-24-19)13-6-7-13/h1-2,4-5,13,15H,3,6-12H2,(H,22,23,24). The lowest BCUT2D eigenvalue weighted by Crippen LogP contribution is -2.38. The van der Waals surface area contributed by atoms with Crippen LogP contribution < -0.4 is 0 Å². The molecule has 136 valence electrons. The zero-order valence-corrected chi connectivity index (χ0v) is 14.7. The van der Waals surface area contributed by atoms with E-state index in [9.17, 15) is 9.18 Å². The van der Waals surface area contributed by atoms with Crippen molar-refractivity contribution in [1.82, 2.24) is 20.1 Å². The van der Waals surface area contributed by atoms with E-state index in [1.165, 1.54) is 25.3 Å². The molecule has 1 saturated heterocycles. The zero-order valence-electron chi connectivity index (χ0n) is 14.7. The van der Waals surface area contributed by atoms with Crippen LogP contribution in [0, 0.1) is 11.2 Å². The van der Waals surface area contributed by atoms with Gasteiger partial charge in [0.05, 0.1) is 6.42 Å². The Labute approximate surface area is 152 Å². The quantitative estimate of drug-likeness (QED) is 0.917. The summed E-state index contributed by atoms with van der Waals surface area (Å²) in [5, 5.41) is 7.56. The van der Waals surface area contributed by atoms with Gasteiger partial charge in [-0.05, 0) is 42.7 Å². The maximum absolute atomic E-state index is 13.9. The van der Waals surface area contributed by atoms with E-state index in [1.54, 1.807) is 18.2 Å². The van der Waals surface area contributed by atoms with E-state index in [0.29, 0.717) is 18.0 Å². The lowest BCUT2D eigenvalue weighted by atomic mass is 9.62. The molecule has 26 heavy (non-hydrogen) atoms. The van der Waals surface area contributed by atoms with Gasteiger partial charge in [-0.1, -0.05) is 24.6 Å².